The summed E-state index contributed by atoms with van der Waals surface area (Å²) < 4.78 is 10.8. The van der Waals surface area contributed by atoms with Crippen molar-refractivity contribution in [3.05, 3.63) is 60.2 Å². The minimum atomic E-state index is -0.679. The third-order valence-corrected chi connectivity index (χ3v) is 7.20. The van der Waals surface area contributed by atoms with Gasteiger partial charge >= 0.3 is 5.97 Å². The van der Waals surface area contributed by atoms with Crippen LogP contribution in [0.15, 0.2) is 53.3 Å². The molecule has 1 aromatic carbocycles. The fourth-order valence-corrected chi connectivity index (χ4v) is 5.37. The lowest BCUT2D eigenvalue weighted by atomic mass is 9.79. The molecule has 0 amide bonds. The molecule has 2 aromatic heterocycles. The van der Waals surface area contributed by atoms with Gasteiger partial charge in [0, 0.05) is 31.0 Å². The quantitative estimate of drug-likeness (QED) is 0.352. The Morgan fingerprint density at radius 1 is 1.18 bits per heavy atom. The maximum atomic E-state index is 11.6. The number of hydrogen-bond acceptors (Lipinski definition) is 5. The number of methoxy groups -OCH3 is 1. The van der Waals surface area contributed by atoms with Crippen molar-refractivity contribution < 1.29 is 19.1 Å². The topological polar surface area (TPSA) is 75.8 Å². The second-order valence-electron chi connectivity index (χ2n) is 9.49. The minimum Gasteiger partial charge on any atom is -0.497 e. The summed E-state index contributed by atoms with van der Waals surface area (Å²) in [5.74, 6) is 1.91. The normalized spacial score (nSPS) is 18.9. The molecule has 0 saturated carbocycles. The molecule has 1 saturated heterocycles. The molecule has 3 heterocycles. The molecule has 1 fully saturated rings. The number of nitrogens with zero attached hydrogens (tertiary/aromatic N) is 2. The fourth-order valence-electron chi connectivity index (χ4n) is 5.37. The van der Waals surface area contributed by atoms with Crippen molar-refractivity contribution in [2.45, 2.75) is 51.4 Å². The first kappa shape index (κ1) is 24.3. The van der Waals surface area contributed by atoms with Gasteiger partial charge in [0.1, 0.15) is 11.5 Å². The van der Waals surface area contributed by atoms with E-state index < -0.39 is 5.97 Å². The Kier molecular flexibility index (Phi) is 8.58. The highest BCUT2D eigenvalue weighted by atomic mass is 16.5. The second-order valence-corrected chi connectivity index (χ2v) is 9.49. The SMILES string of the molecule is COc1ccc2nccc(CCC[C@@H]3CCN(CCCCc4ccco4)C[C@@H]3CC(=O)O)c2c1. The number of likely N-dealkylation sites (tertiary alicyclic amines) is 1. The van der Waals surface area contributed by atoms with Crippen molar-refractivity contribution in [2.24, 2.45) is 11.8 Å². The van der Waals surface area contributed by atoms with Crippen molar-refractivity contribution in [3.8, 4) is 5.75 Å². The molecule has 182 valence electrons. The average Bonchev–Trinajstić information content (AvgIpc) is 3.36. The number of aliphatic carboxylic acids is 1. The Hall–Kier alpha value is -2.86. The number of pyridine rings is 1. The Bertz CT molecular complexity index is 1050. The number of rotatable bonds is 12. The zero-order valence-corrected chi connectivity index (χ0v) is 20.1. The molecule has 6 nitrogen and oxygen atoms in total. The Morgan fingerprint density at radius 2 is 2.09 bits per heavy atom. The molecule has 1 aliphatic rings. The number of benzene rings is 1. The number of carbonyl (C=O) groups is 1. The van der Waals surface area contributed by atoms with Crippen molar-refractivity contribution in [2.75, 3.05) is 26.7 Å². The van der Waals surface area contributed by atoms with Gasteiger partial charge in [-0.3, -0.25) is 9.78 Å². The van der Waals surface area contributed by atoms with E-state index in [1.807, 2.05) is 30.5 Å². The number of aromatic nitrogens is 1. The largest absolute Gasteiger partial charge is 0.497 e. The van der Waals surface area contributed by atoms with Gasteiger partial charge in [-0.2, -0.15) is 0 Å². The van der Waals surface area contributed by atoms with Crippen LogP contribution in [0.3, 0.4) is 0 Å². The smallest absolute Gasteiger partial charge is 0.303 e. The summed E-state index contributed by atoms with van der Waals surface area (Å²) in [6.45, 7) is 3.00. The number of carboxylic acid groups (broad SMARTS) is 1. The summed E-state index contributed by atoms with van der Waals surface area (Å²) in [4.78, 5) is 18.5. The van der Waals surface area contributed by atoms with Gasteiger partial charge in [-0.05, 0) is 105 Å². The fraction of sp³-hybridized carbons (Fsp3) is 0.500. The molecule has 0 unspecified atom stereocenters. The molecule has 1 aliphatic heterocycles. The van der Waals surface area contributed by atoms with E-state index in [4.69, 9.17) is 9.15 Å². The van der Waals surface area contributed by atoms with Gasteiger partial charge in [0.25, 0.3) is 0 Å². The zero-order chi connectivity index (χ0) is 23.8. The van der Waals surface area contributed by atoms with Crippen LogP contribution >= 0.6 is 0 Å². The summed E-state index contributed by atoms with van der Waals surface area (Å²) in [7, 11) is 1.69. The Morgan fingerprint density at radius 3 is 2.88 bits per heavy atom. The third-order valence-electron chi connectivity index (χ3n) is 7.20. The van der Waals surface area contributed by atoms with E-state index in [1.165, 1.54) is 5.56 Å². The summed E-state index contributed by atoms with van der Waals surface area (Å²) >= 11 is 0. The molecule has 0 radical (unpaired) electrons. The third kappa shape index (κ3) is 6.60. The van der Waals surface area contributed by atoms with Crippen LogP contribution in [0.2, 0.25) is 0 Å². The Balaban J connectivity index is 1.28. The Labute approximate surface area is 201 Å². The van der Waals surface area contributed by atoms with Gasteiger partial charge in [-0.1, -0.05) is 0 Å². The first-order valence-corrected chi connectivity index (χ1v) is 12.5. The zero-order valence-electron chi connectivity index (χ0n) is 20.1. The van der Waals surface area contributed by atoms with Crippen LogP contribution in [0.5, 0.6) is 5.75 Å². The van der Waals surface area contributed by atoms with Gasteiger partial charge in [-0.25, -0.2) is 0 Å². The summed E-state index contributed by atoms with van der Waals surface area (Å²) in [6.07, 6.45) is 11.2. The number of hydrogen-bond donors (Lipinski definition) is 1. The van der Waals surface area contributed by atoms with Crippen LogP contribution < -0.4 is 4.74 Å². The number of ether oxygens (including phenoxy) is 1. The highest BCUT2D eigenvalue weighted by Gasteiger charge is 2.30. The standard InChI is InChI=1S/C28H36N2O4/c1-33-25-10-11-27-26(19-25)22(12-14-29-27)7-4-6-21-13-16-30(20-23(21)18-28(31)32)15-3-2-8-24-9-5-17-34-24/h5,9-12,14,17,19,21,23H,2-4,6-8,13,15-16,18,20H2,1H3,(H,31,32)/t21-,23+/m1/s1. The lowest BCUT2D eigenvalue weighted by molar-refractivity contribution is -0.139. The van der Waals surface area contributed by atoms with Crippen LogP contribution in [0.25, 0.3) is 10.9 Å². The lowest BCUT2D eigenvalue weighted by Gasteiger charge is -2.38. The van der Waals surface area contributed by atoms with E-state index in [0.29, 0.717) is 5.92 Å². The van der Waals surface area contributed by atoms with Gasteiger partial charge in [0.05, 0.1) is 18.9 Å². The monoisotopic (exact) mass is 464 g/mol. The van der Waals surface area contributed by atoms with E-state index >= 15 is 0 Å². The van der Waals surface area contributed by atoms with Crippen molar-refractivity contribution in [1.29, 1.82) is 0 Å². The number of carboxylic acids is 1. The lowest BCUT2D eigenvalue weighted by Crippen LogP contribution is -2.41. The van der Waals surface area contributed by atoms with Gasteiger partial charge in [0.2, 0.25) is 0 Å². The van der Waals surface area contributed by atoms with Crippen LogP contribution in [0.4, 0.5) is 0 Å². The number of furan rings is 1. The maximum Gasteiger partial charge on any atom is 0.303 e. The minimum absolute atomic E-state index is 0.227. The predicted molar refractivity (Wildman–Crippen MR) is 133 cm³/mol. The molecule has 34 heavy (non-hydrogen) atoms. The number of aryl methyl sites for hydroxylation is 2. The van der Waals surface area contributed by atoms with Crippen molar-refractivity contribution in [3.63, 3.8) is 0 Å². The molecular weight excluding hydrogens is 428 g/mol. The summed E-state index contributed by atoms with van der Waals surface area (Å²) in [5.41, 5.74) is 2.27. The molecule has 0 spiro atoms. The van der Waals surface area contributed by atoms with Crippen LogP contribution in [-0.2, 0) is 17.6 Å². The molecule has 2 atom stereocenters. The first-order chi connectivity index (χ1) is 16.6. The van der Waals surface area contributed by atoms with Crippen LogP contribution in [-0.4, -0.2) is 47.7 Å². The molecule has 1 N–H and O–H groups in total. The predicted octanol–water partition coefficient (Wildman–Crippen LogP) is 5.59. The van der Waals surface area contributed by atoms with Crippen molar-refractivity contribution >= 4 is 16.9 Å². The summed E-state index contributed by atoms with van der Waals surface area (Å²) in [5, 5.41) is 10.7. The highest BCUT2D eigenvalue weighted by molar-refractivity contribution is 5.83. The van der Waals surface area contributed by atoms with Crippen LogP contribution in [0.1, 0.15) is 49.8 Å². The van der Waals surface area contributed by atoms with Gasteiger partial charge in [0.15, 0.2) is 0 Å². The van der Waals surface area contributed by atoms with Gasteiger partial charge in [-0.15, -0.1) is 0 Å². The molecule has 0 bridgehead atoms. The number of piperidine rings is 1. The van der Waals surface area contributed by atoms with E-state index in [9.17, 15) is 9.90 Å². The maximum absolute atomic E-state index is 11.6. The second kappa shape index (κ2) is 12.0. The number of fused-ring (bicyclic) bond motifs is 1. The molecule has 4 rings (SSSR count). The van der Waals surface area contributed by atoms with Crippen LogP contribution in [0, 0.1) is 11.8 Å². The highest BCUT2D eigenvalue weighted by Crippen LogP contribution is 2.32. The van der Waals surface area contributed by atoms with E-state index in [-0.39, 0.29) is 12.3 Å². The molecular formula is C28H36N2O4. The average molecular weight is 465 g/mol. The first-order valence-electron chi connectivity index (χ1n) is 12.5. The molecule has 3 aromatic rings. The number of unbranched alkanes of at least 4 members (excludes halogenated alkanes) is 1. The van der Waals surface area contributed by atoms with E-state index in [2.05, 4.69) is 22.0 Å². The summed E-state index contributed by atoms with van der Waals surface area (Å²) in [6, 6.07) is 12.1. The van der Waals surface area contributed by atoms with Crippen molar-refractivity contribution in [1.82, 2.24) is 9.88 Å². The van der Waals surface area contributed by atoms with E-state index in [0.717, 1.165) is 87.0 Å². The molecule has 0 aliphatic carbocycles. The van der Waals surface area contributed by atoms with E-state index in [1.54, 1.807) is 13.4 Å². The van der Waals surface area contributed by atoms with Gasteiger partial charge < -0.3 is 19.2 Å². The molecule has 6 heteroatoms.